The van der Waals surface area contributed by atoms with Gasteiger partial charge in [-0.05, 0) is 59.7 Å². The molecule has 2 fully saturated rings. The normalized spacial score (nSPS) is 20.3. The summed E-state index contributed by atoms with van der Waals surface area (Å²) in [5.41, 5.74) is 4.80. The van der Waals surface area contributed by atoms with Crippen molar-refractivity contribution >= 4 is 27.5 Å². The number of carbonyl (C=O) groups is 1. The van der Waals surface area contributed by atoms with Gasteiger partial charge in [0.25, 0.3) is 5.91 Å². The Morgan fingerprint density at radius 1 is 1.23 bits per heavy atom. The Hall–Kier alpha value is -3.03. The van der Waals surface area contributed by atoms with Crippen molar-refractivity contribution < 1.29 is 9.53 Å². The van der Waals surface area contributed by atoms with Crippen molar-refractivity contribution in [3.63, 3.8) is 0 Å². The van der Waals surface area contributed by atoms with Crippen LogP contribution in [-0.2, 0) is 11.2 Å². The minimum atomic E-state index is 0.0224. The van der Waals surface area contributed by atoms with E-state index in [4.69, 9.17) is 4.74 Å². The topological polar surface area (TPSA) is 60.2 Å². The van der Waals surface area contributed by atoms with E-state index in [-0.39, 0.29) is 18.1 Å². The summed E-state index contributed by atoms with van der Waals surface area (Å²) in [6, 6.07) is 14.5. The van der Waals surface area contributed by atoms with Crippen LogP contribution in [0.1, 0.15) is 28.0 Å². The van der Waals surface area contributed by atoms with Crippen LogP contribution >= 0.6 is 11.3 Å². The summed E-state index contributed by atoms with van der Waals surface area (Å²) in [5, 5.41) is 6.32. The molecule has 1 amide bonds. The maximum atomic E-state index is 13.2. The highest BCUT2D eigenvalue weighted by atomic mass is 32.1. The standard InChI is InChI=1S/C23H20N4O2S/c28-23(26-13-19-12-18(26)14-29-19)21-11-16(22-20(25-21)6-9-30-22)10-15-2-4-17(5-3-15)27-8-1-7-24-27/h1-9,11,18-19H,10,12-14H2. The number of pyridine rings is 1. The third kappa shape index (κ3) is 3.02. The monoisotopic (exact) mass is 416 g/mol. The molecule has 0 N–H and O–H groups in total. The SMILES string of the molecule is O=C(c1cc(Cc2ccc(-n3cccn3)cc2)c2sccc2n1)N1CC2CC1CO2. The number of hydrogen-bond donors (Lipinski definition) is 0. The molecule has 2 atom stereocenters. The summed E-state index contributed by atoms with van der Waals surface area (Å²) in [7, 11) is 0. The largest absolute Gasteiger partial charge is 0.374 e. The zero-order chi connectivity index (χ0) is 20.1. The number of benzene rings is 1. The van der Waals surface area contributed by atoms with Crippen LogP contribution in [0, 0.1) is 0 Å². The molecule has 0 aliphatic carbocycles. The van der Waals surface area contributed by atoms with Crippen molar-refractivity contribution in [3.05, 3.63) is 77.1 Å². The highest BCUT2D eigenvalue weighted by molar-refractivity contribution is 7.17. The lowest BCUT2D eigenvalue weighted by molar-refractivity contribution is 0.0256. The van der Waals surface area contributed by atoms with Crippen LogP contribution in [0.3, 0.4) is 0 Å². The summed E-state index contributed by atoms with van der Waals surface area (Å²) in [6.45, 7) is 1.32. The van der Waals surface area contributed by atoms with Gasteiger partial charge in [0, 0.05) is 18.9 Å². The van der Waals surface area contributed by atoms with Crippen LogP contribution in [-0.4, -0.2) is 50.9 Å². The predicted molar refractivity (Wildman–Crippen MR) is 115 cm³/mol. The summed E-state index contributed by atoms with van der Waals surface area (Å²) < 4.78 is 8.64. The molecular weight excluding hydrogens is 396 g/mol. The lowest BCUT2D eigenvalue weighted by Gasteiger charge is -2.26. The first-order valence-corrected chi connectivity index (χ1v) is 11.0. The molecule has 4 aromatic rings. The zero-order valence-corrected chi connectivity index (χ0v) is 17.1. The predicted octanol–water partition coefficient (Wildman–Crippen LogP) is 3.69. The van der Waals surface area contributed by atoms with Crippen molar-refractivity contribution in [2.24, 2.45) is 0 Å². The first-order chi connectivity index (χ1) is 14.7. The van der Waals surface area contributed by atoms with Crippen molar-refractivity contribution in [1.82, 2.24) is 19.7 Å². The van der Waals surface area contributed by atoms with Gasteiger partial charge in [-0.15, -0.1) is 11.3 Å². The molecule has 6 rings (SSSR count). The van der Waals surface area contributed by atoms with Gasteiger partial charge in [0.1, 0.15) is 5.69 Å². The fraction of sp³-hybridized carbons (Fsp3) is 0.261. The van der Waals surface area contributed by atoms with Gasteiger partial charge in [0.2, 0.25) is 0 Å². The van der Waals surface area contributed by atoms with E-state index in [1.165, 1.54) is 5.56 Å². The Morgan fingerprint density at radius 3 is 2.87 bits per heavy atom. The first-order valence-electron chi connectivity index (χ1n) is 10.1. The summed E-state index contributed by atoms with van der Waals surface area (Å²) in [4.78, 5) is 19.8. The zero-order valence-electron chi connectivity index (χ0n) is 16.3. The molecule has 2 aliphatic rings. The Labute approximate surface area is 177 Å². The third-order valence-corrected chi connectivity index (χ3v) is 6.95. The van der Waals surface area contributed by atoms with Crippen LogP contribution in [0.15, 0.2) is 60.2 Å². The lowest BCUT2D eigenvalue weighted by Crippen LogP contribution is -2.41. The molecule has 30 heavy (non-hydrogen) atoms. The number of thiophene rings is 1. The summed E-state index contributed by atoms with van der Waals surface area (Å²) >= 11 is 1.68. The molecule has 0 spiro atoms. The molecule has 0 radical (unpaired) electrons. The van der Waals surface area contributed by atoms with Crippen LogP contribution in [0.4, 0.5) is 0 Å². The van der Waals surface area contributed by atoms with Gasteiger partial charge in [-0.1, -0.05) is 12.1 Å². The smallest absolute Gasteiger partial charge is 0.272 e. The minimum absolute atomic E-state index is 0.0224. The van der Waals surface area contributed by atoms with Crippen molar-refractivity contribution in [2.75, 3.05) is 13.2 Å². The molecule has 6 nitrogen and oxygen atoms in total. The van der Waals surface area contributed by atoms with E-state index in [9.17, 15) is 4.79 Å². The van der Waals surface area contributed by atoms with Gasteiger partial charge >= 0.3 is 0 Å². The second-order valence-corrected chi connectivity index (χ2v) is 8.81. The van der Waals surface area contributed by atoms with Gasteiger partial charge in [-0.2, -0.15) is 5.10 Å². The maximum Gasteiger partial charge on any atom is 0.272 e. The molecule has 5 heterocycles. The van der Waals surface area contributed by atoms with Crippen LogP contribution in [0.2, 0.25) is 0 Å². The molecule has 2 aliphatic heterocycles. The Bertz CT molecular complexity index is 1220. The number of rotatable bonds is 4. The number of amides is 1. The number of fused-ring (bicyclic) bond motifs is 3. The van der Waals surface area contributed by atoms with Gasteiger partial charge in [-0.3, -0.25) is 4.79 Å². The number of nitrogens with zero attached hydrogens (tertiary/aromatic N) is 4. The molecule has 1 aromatic carbocycles. The number of aromatic nitrogens is 3. The van der Waals surface area contributed by atoms with E-state index in [0.29, 0.717) is 18.8 Å². The third-order valence-electron chi connectivity index (χ3n) is 5.97. The van der Waals surface area contributed by atoms with E-state index in [1.807, 2.05) is 39.4 Å². The lowest BCUT2D eigenvalue weighted by atomic mass is 10.0. The van der Waals surface area contributed by atoms with Crippen molar-refractivity contribution in [1.29, 1.82) is 0 Å². The molecule has 0 saturated carbocycles. The number of hydrogen-bond acceptors (Lipinski definition) is 5. The van der Waals surface area contributed by atoms with Gasteiger partial charge in [0.15, 0.2) is 0 Å². The molecule has 150 valence electrons. The van der Waals surface area contributed by atoms with E-state index < -0.39 is 0 Å². The number of morpholine rings is 1. The van der Waals surface area contributed by atoms with Gasteiger partial charge in [-0.25, -0.2) is 9.67 Å². The number of likely N-dealkylation sites (tertiary alicyclic amines) is 1. The Balaban J connectivity index is 1.31. The second kappa shape index (κ2) is 7.04. The average molecular weight is 417 g/mol. The van der Waals surface area contributed by atoms with Crippen LogP contribution in [0.25, 0.3) is 15.9 Å². The van der Waals surface area contributed by atoms with E-state index in [2.05, 4.69) is 34.3 Å². The molecule has 2 bridgehead atoms. The summed E-state index contributed by atoms with van der Waals surface area (Å²) in [6.07, 6.45) is 5.60. The van der Waals surface area contributed by atoms with Gasteiger partial charge in [0.05, 0.1) is 34.7 Å². The molecule has 3 aromatic heterocycles. The second-order valence-electron chi connectivity index (χ2n) is 7.90. The van der Waals surface area contributed by atoms with Crippen LogP contribution < -0.4 is 0 Å². The molecule has 2 saturated heterocycles. The van der Waals surface area contributed by atoms with Crippen molar-refractivity contribution in [3.8, 4) is 5.69 Å². The fourth-order valence-corrected chi connectivity index (χ4v) is 5.32. The highest BCUT2D eigenvalue weighted by Gasteiger charge is 2.42. The molecular formula is C23H20N4O2S. The van der Waals surface area contributed by atoms with Crippen molar-refractivity contribution in [2.45, 2.75) is 25.0 Å². The Kier molecular flexibility index (Phi) is 4.17. The summed E-state index contributed by atoms with van der Waals surface area (Å²) in [5.74, 6) is 0.0224. The maximum absolute atomic E-state index is 13.2. The van der Waals surface area contributed by atoms with Gasteiger partial charge < -0.3 is 9.64 Å². The van der Waals surface area contributed by atoms with Crippen LogP contribution in [0.5, 0.6) is 0 Å². The number of ether oxygens (including phenoxy) is 1. The highest BCUT2D eigenvalue weighted by Crippen LogP contribution is 2.31. The molecule has 2 unspecified atom stereocenters. The Morgan fingerprint density at radius 2 is 2.13 bits per heavy atom. The quantitative estimate of drug-likeness (QED) is 0.509. The fourth-order valence-electron chi connectivity index (χ4n) is 4.47. The van der Waals surface area contributed by atoms with E-state index >= 15 is 0 Å². The van der Waals surface area contributed by atoms with E-state index in [0.717, 1.165) is 34.3 Å². The average Bonchev–Trinajstić information content (AvgIpc) is 3.58. The number of carbonyl (C=O) groups excluding carboxylic acids is 1. The first kappa shape index (κ1) is 17.8. The molecule has 7 heteroatoms. The van der Waals surface area contributed by atoms with E-state index in [1.54, 1.807) is 17.5 Å². The minimum Gasteiger partial charge on any atom is -0.374 e.